The number of fused-ring (bicyclic) bond motifs is 2. The van der Waals surface area contributed by atoms with E-state index in [-0.39, 0.29) is 18.1 Å². The van der Waals surface area contributed by atoms with E-state index in [2.05, 4.69) is 20.5 Å². The van der Waals surface area contributed by atoms with Gasteiger partial charge in [0.25, 0.3) is 5.91 Å². The first-order chi connectivity index (χ1) is 18.1. The fraction of sp³-hybridized carbons (Fsp3) is 0.375. The maximum Gasteiger partial charge on any atom is 0.490 e. The van der Waals surface area contributed by atoms with Crippen molar-refractivity contribution in [2.45, 2.75) is 37.6 Å². The number of hydrogen-bond donors (Lipinski definition) is 3. The second-order valence-electron chi connectivity index (χ2n) is 8.64. The van der Waals surface area contributed by atoms with Gasteiger partial charge in [-0.2, -0.15) is 13.2 Å². The van der Waals surface area contributed by atoms with E-state index in [0.29, 0.717) is 29.3 Å². The summed E-state index contributed by atoms with van der Waals surface area (Å²) < 4.78 is 38.7. The number of benzene rings is 1. The molecule has 1 aliphatic heterocycles. The SMILES string of the molecule is CNc1cc(N2CCc3c(C=O)cccc32)nn2c(C(=O)N[C@@H]3CC[C@H]3OC)cnc12.O=C(O)C(F)(F)F. The molecule has 0 saturated heterocycles. The molecule has 1 aromatic carbocycles. The summed E-state index contributed by atoms with van der Waals surface area (Å²) in [6, 6.07) is 7.61. The van der Waals surface area contributed by atoms with Crippen LogP contribution < -0.4 is 15.5 Å². The average molecular weight is 534 g/mol. The van der Waals surface area contributed by atoms with Crippen molar-refractivity contribution in [3.8, 4) is 0 Å². The van der Waals surface area contributed by atoms with E-state index in [1.807, 2.05) is 31.3 Å². The van der Waals surface area contributed by atoms with Crippen molar-refractivity contribution in [3.05, 3.63) is 47.3 Å². The van der Waals surface area contributed by atoms with Crippen molar-refractivity contribution in [1.82, 2.24) is 19.9 Å². The Hall–Kier alpha value is -4.20. The van der Waals surface area contributed by atoms with Gasteiger partial charge in [0.15, 0.2) is 17.2 Å². The predicted molar refractivity (Wildman–Crippen MR) is 130 cm³/mol. The van der Waals surface area contributed by atoms with Gasteiger partial charge in [0.2, 0.25) is 0 Å². The molecule has 38 heavy (non-hydrogen) atoms. The van der Waals surface area contributed by atoms with Crippen LogP contribution in [0.1, 0.15) is 39.3 Å². The minimum Gasteiger partial charge on any atom is -0.475 e. The summed E-state index contributed by atoms with van der Waals surface area (Å²) in [5, 5.41) is 18.1. The molecule has 0 unspecified atom stereocenters. The van der Waals surface area contributed by atoms with Gasteiger partial charge in [-0.15, -0.1) is 5.10 Å². The first kappa shape index (κ1) is 26.9. The van der Waals surface area contributed by atoms with Gasteiger partial charge in [-0.05, 0) is 30.9 Å². The van der Waals surface area contributed by atoms with Crippen molar-refractivity contribution < 1.29 is 37.4 Å². The third-order valence-electron chi connectivity index (χ3n) is 6.50. The maximum atomic E-state index is 13.0. The van der Waals surface area contributed by atoms with Crippen molar-refractivity contribution >= 4 is 41.0 Å². The molecule has 3 aromatic rings. The lowest BCUT2D eigenvalue weighted by atomic mass is 9.89. The smallest absolute Gasteiger partial charge is 0.475 e. The molecule has 2 atom stereocenters. The topological polar surface area (TPSA) is 138 Å². The van der Waals surface area contributed by atoms with Crippen LogP contribution in [0.2, 0.25) is 0 Å². The molecule has 1 saturated carbocycles. The molecule has 2 aromatic heterocycles. The number of nitrogens with one attached hydrogen (secondary N) is 2. The highest BCUT2D eigenvalue weighted by Crippen LogP contribution is 2.36. The summed E-state index contributed by atoms with van der Waals surface area (Å²) >= 11 is 0. The number of aldehydes is 1. The second kappa shape index (κ2) is 10.7. The van der Waals surface area contributed by atoms with E-state index < -0.39 is 12.1 Å². The number of ether oxygens (including phenoxy) is 1. The van der Waals surface area contributed by atoms with Crippen LogP contribution in [-0.4, -0.2) is 76.9 Å². The fourth-order valence-corrected chi connectivity index (χ4v) is 4.39. The molecule has 0 spiro atoms. The number of nitrogens with zero attached hydrogens (tertiary/aromatic N) is 4. The Morgan fingerprint density at radius 1 is 1.26 bits per heavy atom. The van der Waals surface area contributed by atoms with Gasteiger partial charge >= 0.3 is 12.1 Å². The van der Waals surface area contributed by atoms with E-state index in [1.54, 1.807) is 17.8 Å². The predicted octanol–water partition coefficient (Wildman–Crippen LogP) is 2.82. The minimum atomic E-state index is -5.08. The van der Waals surface area contributed by atoms with Gasteiger partial charge in [0.1, 0.15) is 6.29 Å². The molecule has 2 aliphatic rings. The van der Waals surface area contributed by atoms with Crippen LogP contribution in [0.15, 0.2) is 30.5 Å². The quantitative estimate of drug-likeness (QED) is 0.408. The van der Waals surface area contributed by atoms with Crippen LogP contribution in [0.5, 0.6) is 0 Å². The van der Waals surface area contributed by atoms with Gasteiger partial charge in [-0.1, -0.05) is 12.1 Å². The summed E-state index contributed by atoms with van der Waals surface area (Å²) in [5.41, 5.74) is 4.39. The molecule has 0 radical (unpaired) electrons. The van der Waals surface area contributed by atoms with Crippen LogP contribution in [0.25, 0.3) is 5.65 Å². The summed E-state index contributed by atoms with van der Waals surface area (Å²) in [5.74, 6) is -2.30. The Morgan fingerprint density at radius 2 is 2.00 bits per heavy atom. The Bertz CT molecular complexity index is 1370. The number of carbonyl (C=O) groups excluding carboxylic acids is 2. The third-order valence-corrected chi connectivity index (χ3v) is 6.50. The number of alkyl halides is 3. The van der Waals surface area contributed by atoms with E-state index in [9.17, 15) is 22.8 Å². The monoisotopic (exact) mass is 534 g/mol. The molecule has 14 heteroatoms. The van der Waals surface area contributed by atoms with Crippen LogP contribution in [0.3, 0.4) is 0 Å². The summed E-state index contributed by atoms with van der Waals surface area (Å²) in [6.07, 6.45) is 0.00164. The first-order valence-corrected chi connectivity index (χ1v) is 11.6. The minimum absolute atomic E-state index is 0.00206. The van der Waals surface area contributed by atoms with Crippen molar-refractivity contribution in [2.75, 3.05) is 30.9 Å². The van der Waals surface area contributed by atoms with Gasteiger partial charge in [-0.3, -0.25) is 9.59 Å². The highest BCUT2D eigenvalue weighted by molar-refractivity contribution is 5.94. The van der Waals surface area contributed by atoms with Crippen molar-refractivity contribution in [2.24, 2.45) is 0 Å². The van der Waals surface area contributed by atoms with Crippen LogP contribution in [-0.2, 0) is 16.0 Å². The molecule has 202 valence electrons. The normalized spacial score (nSPS) is 18.2. The zero-order chi connectivity index (χ0) is 27.6. The average Bonchev–Trinajstić information content (AvgIpc) is 3.50. The Morgan fingerprint density at radius 3 is 2.58 bits per heavy atom. The molecule has 3 heterocycles. The number of halogens is 3. The van der Waals surface area contributed by atoms with Crippen molar-refractivity contribution in [1.29, 1.82) is 0 Å². The number of carbonyl (C=O) groups is 3. The number of carboxylic acid groups (broad SMARTS) is 1. The van der Waals surface area contributed by atoms with E-state index in [4.69, 9.17) is 19.7 Å². The molecule has 1 fully saturated rings. The Kier molecular flexibility index (Phi) is 7.53. The second-order valence-corrected chi connectivity index (χ2v) is 8.64. The first-order valence-electron chi connectivity index (χ1n) is 11.6. The highest BCUT2D eigenvalue weighted by atomic mass is 19.4. The number of aromatic nitrogens is 3. The molecule has 11 nitrogen and oxygen atoms in total. The number of hydrogen-bond acceptors (Lipinski definition) is 8. The Balaban J connectivity index is 0.000000426. The number of rotatable bonds is 6. The summed E-state index contributed by atoms with van der Waals surface area (Å²) in [6.45, 7) is 0.704. The lowest BCUT2D eigenvalue weighted by Crippen LogP contribution is -2.51. The number of anilines is 3. The zero-order valence-electron chi connectivity index (χ0n) is 20.5. The zero-order valence-corrected chi connectivity index (χ0v) is 20.5. The summed E-state index contributed by atoms with van der Waals surface area (Å²) in [4.78, 5) is 39.8. The molecule has 1 aliphatic carbocycles. The van der Waals surface area contributed by atoms with Crippen LogP contribution in [0, 0.1) is 0 Å². The summed E-state index contributed by atoms with van der Waals surface area (Å²) in [7, 11) is 3.47. The van der Waals surface area contributed by atoms with Crippen LogP contribution >= 0.6 is 0 Å². The van der Waals surface area contributed by atoms with E-state index in [1.165, 1.54) is 0 Å². The molecule has 0 bridgehead atoms. The van der Waals surface area contributed by atoms with Gasteiger partial charge < -0.3 is 25.4 Å². The van der Waals surface area contributed by atoms with Crippen molar-refractivity contribution in [3.63, 3.8) is 0 Å². The van der Waals surface area contributed by atoms with Gasteiger partial charge in [0.05, 0.1) is 24.0 Å². The lowest BCUT2D eigenvalue weighted by molar-refractivity contribution is -0.192. The third kappa shape index (κ3) is 5.11. The molecule has 3 N–H and O–H groups in total. The Labute approximate surface area is 214 Å². The number of imidazole rings is 1. The lowest BCUT2D eigenvalue weighted by Gasteiger charge is -2.35. The largest absolute Gasteiger partial charge is 0.490 e. The van der Waals surface area contributed by atoms with Gasteiger partial charge in [0, 0.05) is 38.0 Å². The molecular formula is C24H25F3N6O5. The number of methoxy groups -OCH3 is 1. The maximum absolute atomic E-state index is 13.0. The number of carboxylic acids is 1. The molecule has 5 rings (SSSR count). The highest BCUT2D eigenvalue weighted by Gasteiger charge is 2.38. The number of aliphatic carboxylic acids is 1. The molecule has 1 amide bonds. The van der Waals surface area contributed by atoms with Gasteiger partial charge in [-0.25, -0.2) is 14.3 Å². The fourth-order valence-electron chi connectivity index (χ4n) is 4.39. The standard InChI is InChI=1S/C22H24N6O3.C2HF3O2/c1-23-16-10-20(27-9-8-14-13(12-29)4-3-5-17(14)27)26-28-18(11-24-21(16)28)22(30)25-15-6-7-19(15)31-2;3-2(4,5)1(6)7/h3-5,10-12,15,19,23H,6-9H2,1-2H3,(H,25,30);(H,6,7)/t15-,19-;/m1./s1. The van der Waals surface area contributed by atoms with Crippen LogP contribution in [0.4, 0.5) is 30.4 Å². The molecular weight excluding hydrogens is 509 g/mol. The number of amides is 1. The van der Waals surface area contributed by atoms with E-state index in [0.717, 1.165) is 42.5 Å². The van der Waals surface area contributed by atoms with E-state index >= 15 is 0 Å².